The van der Waals surface area contributed by atoms with Gasteiger partial charge in [0, 0.05) is 29.1 Å². The normalized spacial score (nSPS) is 21.6. The van der Waals surface area contributed by atoms with Gasteiger partial charge < -0.3 is 5.32 Å². The number of amides is 1. The number of nitrogens with one attached hydrogen (secondary N) is 1. The molecule has 23 heavy (non-hydrogen) atoms. The molecule has 3 nitrogen and oxygen atoms in total. The van der Waals surface area contributed by atoms with Crippen LogP contribution in [-0.2, 0) is 4.79 Å². The van der Waals surface area contributed by atoms with Crippen LogP contribution in [0.1, 0.15) is 50.3 Å². The number of benzene rings is 1. The van der Waals surface area contributed by atoms with E-state index in [9.17, 15) is 4.79 Å². The van der Waals surface area contributed by atoms with Crippen LogP contribution in [0.4, 0.5) is 5.69 Å². The van der Waals surface area contributed by atoms with Gasteiger partial charge in [-0.1, -0.05) is 32.4 Å². The molecule has 1 aromatic heterocycles. The van der Waals surface area contributed by atoms with Gasteiger partial charge >= 0.3 is 0 Å². The molecule has 0 unspecified atom stereocenters. The Balaban J connectivity index is 2.12. The second-order valence-electron chi connectivity index (χ2n) is 6.74. The Labute approximate surface area is 138 Å². The van der Waals surface area contributed by atoms with E-state index in [1.165, 1.54) is 0 Å². The molecule has 1 aliphatic rings. The van der Waals surface area contributed by atoms with Crippen molar-refractivity contribution in [2.75, 3.05) is 5.32 Å². The van der Waals surface area contributed by atoms with Crippen LogP contribution in [0.5, 0.6) is 0 Å². The van der Waals surface area contributed by atoms with Gasteiger partial charge in [0.15, 0.2) is 0 Å². The molecule has 1 aliphatic heterocycles. The highest BCUT2D eigenvalue weighted by atomic mass is 16.1. The van der Waals surface area contributed by atoms with Gasteiger partial charge in [-0.15, -0.1) is 0 Å². The van der Waals surface area contributed by atoms with E-state index in [1.54, 1.807) is 0 Å². The lowest BCUT2D eigenvalue weighted by atomic mass is 9.92. The van der Waals surface area contributed by atoms with Gasteiger partial charge in [0.05, 0.1) is 0 Å². The van der Waals surface area contributed by atoms with Crippen LogP contribution >= 0.6 is 0 Å². The molecule has 2 bridgehead atoms. The van der Waals surface area contributed by atoms with Crippen molar-refractivity contribution in [3.8, 4) is 11.1 Å². The van der Waals surface area contributed by atoms with Crippen molar-refractivity contribution in [2.24, 2.45) is 5.92 Å². The molecule has 0 spiro atoms. The molecule has 0 aliphatic carbocycles. The molecule has 1 aromatic carbocycles. The molecule has 0 saturated carbocycles. The lowest BCUT2D eigenvalue weighted by molar-refractivity contribution is -0.119. The number of hydrogen-bond acceptors (Lipinski definition) is 2. The van der Waals surface area contributed by atoms with Crippen molar-refractivity contribution in [3.63, 3.8) is 0 Å². The summed E-state index contributed by atoms with van der Waals surface area (Å²) in [5.41, 5.74) is 5.35. The number of fused-ring (bicyclic) bond motifs is 4. The maximum atomic E-state index is 12.5. The molecule has 1 amide bonds. The van der Waals surface area contributed by atoms with Gasteiger partial charge in [-0.2, -0.15) is 0 Å². The van der Waals surface area contributed by atoms with E-state index < -0.39 is 0 Å². The number of pyridine rings is 1. The molecule has 0 fully saturated rings. The van der Waals surface area contributed by atoms with Crippen LogP contribution in [0.15, 0.2) is 36.5 Å². The molecule has 2 atom stereocenters. The predicted molar refractivity (Wildman–Crippen MR) is 94.5 cm³/mol. The first kappa shape index (κ1) is 15.7. The monoisotopic (exact) mass is 308 g/mol. The zero-order valence-electron chi connectivity index (χ0n) is 14.1. The first-order chi connectivity index (χ1) is 11.0. The summed E-state index contributed by atoms with van der Waals surface area (Å²) in [7, 11) is 0. The first-order valence-electron chi connectivity index (χ1n) is 8.42. The number of carbonyl (C=O) groups is 1. The minimum atomic E-state index is 0.0290. The number of carbonyl (C=O) groups excluding carboxylic acids is 1. The van der Waals surface area contributed by atoms with Crippen molar-refractivity contribution in [2.45, 2.75) is 46.0 Å². The molecule has 2 heterocycles. The number of hydrogen-bond donors (Lipinski definition) is 1. The van der Waals surface area contributed by atoms with Gasteiger partial charge in [0.1, 0.15) is 0 Å². The van der Waals surface area contributed by atoms with Crippen molar-refractivity contribution < 1.29 is 4.79 Å². The molecule has 1 N–H and O–H groups in total. The fourth-order valence-electron chi connectivity index (χ4n) is 3.16. The minimum Gasteiger partial charge on any atom is -0.325 e. The Kier molecular flexibility index (Phi) is 4.46. The summed E-state index contributed by atoms with van der Waals surface area (Å²) in [5, 5.41) is 3.13. The first-order valence-corrected chi connectivity index (χ1v) is 8.42. The molecular weight excluding hydrogens is 284 g/mol. The predicted octanol–water partition coefficient (Wildman–Crippen LogP) is 4.92. The van der Waals surface area contributed by atoms with Crippen molar-refractivity contribution in [1.82, 2.24) is 4.98 Å². The molecule has 2 aromatic rings. The molecule has 3 heteroatoms. The van der Waals surface area contributed by atoms with Crippen LogP contribution in [0, 0.1) is 12.8 Å². The third-order valence-electron chi connectivity index (χ3n) is 4.75. The Bertz CT molecular complexity index is 723. The summed E-state index contributed by atoms with van der Waals surface area (Å²) < 4.78 is 0. The van der Waals surface area contributed by atoms with E-state index in [4.69, 9.17) is 0 Å². The Morgan fingerprint density at radius 2 is 1.87 bits per heavy atom. The molecule has 3 rings (SSSR count). The second-order valence-corrected chi connectivity index (χ2v) is 6.74. The van der Waals surface area contributed by atoms with E-state index >= 15 is 0 Å². The van der Waals surface area contributed by atoms with Gasteiger partial charge in [0.2, 0.25) is 5.91 Å². The Morgan fingerprint density at radius 3 is 2.70 bits per heavy atom. The summed E-state index contributed by atoms with van der Waals surface area (Å²) in [4.78, 5) is 17.0. The number of rotatable bonds is 0. The average molecular weight is 308 g/mol. The standard InChI is InChI=1S/C20H24N2O/c1-13-7-8-17-16-9-10-21-18(12-16)14(2)5-4-6-15(3)20(23)22-19(17)11-13/h7-12,14-15H,4-6H2,1-3H3,(H,22,23)/t14-,15+/m0/s1. The molecule has 120 valence electrons. The summed E-state index contributed by atoms with van der Waals surface area (Å²) in [5.74, 6) is 0.555. The Morgan fingerprint density at radius 1 is 1.09 bits per heavy atom. The zero-order chi connectivity index (χ0) is 16.4. The molecule has 0 saturated heterocycles. The lowest BCUT2D eigenvalue weighted by Gasteiger charge is -2.19. The van der Waals surface area contributed by atoms with Crippen LogP contribution in [0.3, 0.4) is 0 Å². The highest BCUT2D eigenvalue weighted by molar-refractivity contribution is 5.96. The SMILES string of the molecule is Cc1ccc2c(c1)NC(=O)[C@H](C)CCC[C@H](C)c1cc-2ccn1. The Hall–Kier alpha value is -2.16. The van der Waals surface area contributed by atoms with Crippen LogP contribution in [0.2, 0.25) is 0 Å². The second kappa shape index (κ2) is 6.53. The van der Waals surface area contributed by atoms with Gasteiger partial charge in [-0.25, -0.2) is 0 Å². The van der Waals surface area contributed by atoms with Gasteiger partial charge in [0.25, 0.3) is 0 Å². The van der Waals surface area contributed by atoms with Gasteiger partial charge in [-0.3, -0.25) is 9.78 Å². The highest BCUT2D eigenvalue weighted by Gasteiger charge is 2.18. The van der Waals surface area contributed by atoms with E-state index in [-0.39, 0.29) is 11.8 Å². The largest absolute Gasteiger partial charge is 0.325 e. The summed E-state index contributed by atoms with van der Waals surface area (Å²) in [6.45, 7) is 6.28. The zero-order valence-corrected chi connectivity index (χ0v) is 14.1. The fourth-order valence-corrected chi connectivity index (χ4v) is 3.16. The van der Waals surface area contributed by atoms with E-state index in [0.29, 0.717) is 5.92 Å². The minimum absolute atomic E-state index is 0.0290. The van der Waals surface area contributed by atoms with E-state index in [1.807, 2.05) is 26.1 Å². The number of aromatic nitrogens is 1. The summed E-state index contributed by atoms with van der Waals surface area (Å²) >= 11 is 0. The maximum absolute atomic E-state index is 12.5. The topological polar surface area (TPSA) is 42.0 Å². The number of anilines is 1. The smallest absolute Gasteiger partial charge is 0.227 e. The van der Waals surface area contributed by atoms with Crippen molar-refractivity contribution in [3.05, 3.63) is 47.8 Å². The van der Waals surface area contributed by atoms with Crippen molar-refractivity contribution in [1.29, 1.82) is 0 Å². The quantitative estimate of drug-likeness (QED) is 0.750. The van der Waals surface area contributed by atoms with E-state index in [0.717, 1.165) is 47.3 Å². The van der Waals surface area contributed by atoms with Crippen LogP contribution < -0.4 is 5.32 Å². The number of aryl methyl sites for hydroxylation is 1. The fraction of sp³-hybridized carbons (Fsp3) is 0.400. The average Bonchev–Trinajstić information content (AvgIpc) is 2.54. The van der Waals surface area contributed by atoms with Gasteiger partial charge in [-0.05, 0) is 55.0 Å². The highest BCUT2D eigenvalue weighted by Crippen LogP contribution is 2.32. The van der Waals surface area contributed by atoms with Crippen LogP contribution in [0.25, 0.3) is 11.1 Å². The maximum Gasteiger partial charge on any atom is 0.227 e. The van der Waals surface area contributed by atoms with E-state index in [2.05, 4.69) is 41.5 Å². The molecular formula is C20H24N2O. The van der Waals surface area contributed by atoms with Crippen LogP contribution in [-0.4, -0.2) is 10.9 Å². The third kappa shape index (κ3) is 3.44. The summed E-state index contributed by atoms with van der Waals surface area (Å²) in [6.07, 6.45) is 4.90. The number of nitrogens with zero attached hydrogens (tertiary/aromatic N) is 1. The van der Waals surface area contributed by atoms with Crippen molar-refractivity contribution >= 4 is 11.6 Å². The summed E-state index contributed by atoms with van der Waals surface area (Å²) in [6, 6.07) is 10.4. The third-order valence-corrected chi connectivity index (χ3v) is 4.75. The lowest BCUT2D eigenvalue weighted by Crippen LogP contribution is -2.21. The molecule has 0 radical (unpaired) electrons.